The van der Waals surface area contributed by atoms with E-state index in [1.165, 1.54) is 10.1 Å². The summed E-state index contributed by atoms with van der Waals surface area (Å²) >= 11 is 1.73. The molecule has 0 saturated carbocycles. The van der Waals surface area contributed by atoms with Crippen molar-refractivity contribution in [2.24, 2.45) is 0 Å². The lowest BCUT2D eigenvalue weighted by molar-refractivity contribution is 0.182. The SMILES string of the molecule is CC(C)N(CCNc1ncnc2nc(-c3csc4ccccc34)[nH]c12)C(C)C. The average Bonchev–Trinajstić information content (AvgIpc) is 3.28. The van der Waals surface area contributed by atoms with Crippen molar-refractivity contribution in [2.45, 2.75) is 39.8 Å². The monoisotopic (exact) mass is 394 g/mol. The zero-order chi connectivity index (χ0) is 19.7. The summed E-state index contributed by atoms with van der Waals surface area (Å²) in [5.74, 6) is 1.64. The Hall–Kier alpha value is -2.51. The molecule has 0 fully saturated rings. The second kappa shape index (κ2) is 7.85. The molecule has 6 nitrogen and oxygen atoms in total. The molecule has 3 heterocycles. The molecule has 4 rings (SSSR count). The van der Waals surface area contributed by atoms with Crippen molar-refractivity contribution in [2.75, 3.05) is 18.4 Å². The van der Waals surface area contributed by atoms with E-state index >= 15 is 0 Å². The van der Waals surface area contributed by atoms with Crippen molar-refractivity contribution in [1.29, 1.82) is 0 Å². The topological polar surface area (TPSA) is 69.7 Å². The fourth-order valence-corrected chi connectivity index (χ4v) is 4.61. The van der Waals surface area contributed by atoms with E-state index in [0.717, 1.165) is 35.8 Å². The lowest BCUT2D eigenvalue weighted by Crippen LogP contribution is -2.40. The number of nitrogens with one attached hydrogen (secondary N) is 2. The second-order valence-corrected chi connectivity index (χ2v) is 8.42. The Labute approximate surface area is 169 Å². The van der Waals surface area contributed by atoms with Crippen LogP contribution in [-0.2, 0) is 0 Å². The Balaban J connectivity index is 1.59. The summed E-state index contributed by atoms with van der Waals surface area (Å²) in [5.41, 5.74) is 2.65. The average molecular weight is 395 g/mol. The van der Waals surface area contributed by atoms with Crippen molar-refractivity contribution < 1.29 is 0 Å². The van der Waals surface area contributed by atoms with Gasteiger partial charge in [0.15, 0.2) is 11.5 Å². The van der Waals surface area contributed by atoms with Gasteiger partial charge in [-0.15, -0.1) is 11.3 Å². The van der Waals surface area contributed by atoms with Crippen molar-refractivity contribution in [1.82, 2.24) is 24.8 Å². The molecule has 146 valence electrons. The van der Waals surface area contributed by atoms with E-state index in [1.54, 1.807) is 17.7 Å². The molecule has 0 atom stereocenters. The van der Waals surface area contributed by atoms with Gasteiger partial charge in [0.25, 0.3) is 0 Å². The van der Waals surface area contributed by atoms with E-state index in [2.05, 4.69) is 82.5 Å². The van der Waals surface area contributed by atoms with Gasteiger partial charge in [0.2, 0.25) is 0 Å². The van der Waals surface area contributed by atoms with E-state index < -0.39 is 0 Å². The number of hydrogen-bond donors (Lipinski definition) is 2. The number of H-pyrrole nitrogens is 1. The number of aromatic amines is 1. The Morgan fingerprint density at radius 2 is 1.89 bits per heavy atom. The molecule has 0 unspecified atom stereocenters. The first-order valence-corrected chi connectivity index (χ1v) is 10.6. The van der Waals surface area contributed by atoms with Gasteiger partial charge in [-0.1, -0.05) is 18.2 Å². The smallest absolute Gasteiger partial charge is 0.183 e. The van der Waals surface area contributed by atoms with Gasteiger partial charge >= 0.3 is 0 Å². The standard InChI is InChI=1S/C21H26N6S/c1-13(2)27(14(3)4)10-9-22-20-18-21(24-12-23-20)26-19(25-18)16-11-28-17-8-6-5-7-15(16)17/h5-8,11-14H,9-10H2,1-4H3,(H2,22,23,24,25,26). The molecule has 7 heteroatoms. The highest BCUT2D eigenvalue weighted by Crippen LogP contribution is 2.33. The molecule has 1 aromatic carbocycles. The maximum absolute atomic E-state index is 4.72. The van der Waals surface area contributed by atoms with Gasteiger partial charge in [-0.2, -0.15) is 0 Å². The molecular weight excluding hydrogens is 368 g/mol. The van der Waals surface area contributed by atoms with E-state index in [0.29, 0.717) is 17.7 Å². The van der Waals surface area contributed by atoms with Crippen LogP contribution in [0, 0.1) is 0 Å². The fourth-order valence-electron chi connectivity index (χ4n) is 3.67. The van der Waals surface area contributed by atoms with Crippen molar-refractivity contribution >= 4 is 38.4 Å². The normalized spacial score (nSPS) is 12.1. The molecule has 0 amide bonds. The van der Waals surface area contributed by atoms with Crippen LogP contribution in [0.4, 0.5) is 5.82 Å². The summed E-state index contributed by atoms with van der Waals surface area (Å²) in [5, 5.41) is 6.81. The number of aromatic nitrogens is 4. The van der Waals surface area contributed by atoms with Gasteiger partial charge in [-0.3, -0.25) is 4.90 Å². The number of rotatable bonds is 7. The highest BCUT2D eigenvalue weighted by atomic mass is 32.1. The predicted octanol–water partition coefficient (Wildman–Crippen LogP) is 4.77. The third kappa shape index (κ3) is 3.59. The molecule has 0 aliphatic heterocycles. The number of anilines is 1. The number of imidazole rings is 1. The largest absolute Gasteiger partial charge is 0.367 e. The zero-order valence-electron chi connectivity index (χ0n) is 16.7. The minimum Gasteiger partial charge on any atom is -0.367 e. The Bertz CT molecular complexity index is 1070. The summed E-state index contributed by atoms with van der Waals surface area (Å²) in [6, 6.07) is 9.41. The zero-order valence-corrected chi connectivity index (χ0v) is 17.5. The van der Waals surface area contributed by atoms with E-state index in [1.807, 2.05) is 0 Å². The Morgan fingerprint density at radius 3 is 2.68 bits per heavy atom. The van der Waals surface area contributed by atoms with Crippen LogP contribution >= 0.6 is 11.3 Å². The van der Waals surface area contributed by atoms with E-state index in [-0.39, 0.29) is 0 Å². The Morgan fingerprint density at radius 1 is 1.11 bits per heavy atom. The summed E-state index contributed by atoms with van der Waals surface area (Å²) < 4.78 is 1.25. The third-order valence-corrected chi connectivity index (χ3v) is 5.98. The van der Waals surface area contributed by atoms with E-state index in [9.17, 15) is 0 Å². The molecule has 0 bridgehead atoms. The quantitative estimate of drug-likeness (QED) is 0.473. The number of thiophene rings is 1. The second-order valence-electron chi connectivity index (χ2n) is 7.50. The summed E-state index contributed by atoms with van der Waals surface area (Å²) in [7, 11) is 0. The maximum Gasteiger partial charge on any atom is 0.183 e. The van der Waals surface area contributed by atoms with Gasteiger partial charge in [-0.25, -0.2) is 15.0 Å². The number of hydrogen-bond acceptors (Lipinski definition) is 6. The van der Waals surface area contributed by atoms with Crippen molar-refractivity contribution in [3.8, 4) is 11.4 Å². The molecule has 4 aromatic rings. The van der Waals surface area contributed by atoms with Gasteiger partial charge in [-0.05, 0) is 33.8 Å². The molecule has 3 aromatic heterocycles. The van der Waals surface area contributed by atoms with Crippen LogP contribution in [0.15, 0.2) is 36.0 Å². The molecule has 0 spiro atoms. The van der Waals surface area contributed by atoms with Crippen LogP contribution in [0.2, 0.25) is 0 Å². The van der Waals surface area contributed by atoms with Gasteiger partial charge in [0.1, 0.15) is 17.7 Å². The number of nitrogens with zero attached hydrogens (tertiary/aromatic N) is 4. The molecule has 0 saturated heterocycles. The van der Waals surface area contributed by atoms with Crippen LogP contribution in [0.3, 0.4) is 0 Å². The van der Waals surface area contributed by atoms with Crippen molar-refractivity contribution in [3.05, 3.63) is 36.0 Å². The minimum atomic E-state index is 0.512. The fraction of sp³-hybridized carbons (Fsp3) is 0.381. The van der Waals surface area contributed by atoms with Crippen LogP contribution in [0.25, 0.3) is 32.6 Å². The maximum atomic E-state index is 4.72. The molecule has 0 aliphatic carbocycles. The van der Waals surface area contributed by atoms with Gasteiger partial charge in [0, 0.05) is 46.2 Å². The molecule has 0 radical (unpaired) electrons. The summed E-state index contributed by atoms with van der Waals surface area (Å²) in [6.07, 6.45) is 1.57. The van der Waals surface area contributed by atoms with Crippen molar-refractivity contribution in [3.63, 3.8) is 0 Å². The number of benzene rings is 1. The Kier molecular flexibility index (Phi) is 5.28. The summed E-state index contributed by atoms with van der Waals surface area (Å²) in [4.78, 5) is 19.4. The minimum absolute atomic E-state index is 0.512. The molecule has 0 aliphatic rings. The predicted molar refractivity (Wildman–Crippen MR) is 118 cm³/mol. The van der Waals surface area contributed by atoms with Crippen LogP contribution in [-0.4, -0.2) is 50.0 Å². The molecule has 28 heavy (non-hydrogen) atoms. The highest BCUT2D eigenvalue weighted by molar-refractivity contribution is 7.17. The van der Waals surface area contributed by atoms with Gasteiger partial charge < -0.3 is 10.3 Å². The lowest BCUT2D eigenvalue weighted by atomic mass is 10.2. The van der Waals surface area contributed by atoms with Crippen LogP contribution in [0.1, 0.15) is 27.7 Å². The first-order valence-electron chi connectivity index (χ1n) is 9.71. The van der Waals surface area contributed by atoms with Crippen LogP contribution < -0.4 is 5.32 Å². The lowest BCUT2D eigenvalue weighted by Gasteiger charge is -2.30. The first-order chi connectivity index (χ1) is 13.5. The first kappa shape index (κ1) is 18.8. The number of fused-ring (bicyclic) bond motifs is 2. The molecule has 2 N–H and O–H groups in total. The third-order valence-electron chi connectivity index (χ3n) is 5.01. The summed E-state index contributed by atoms with van der Waals surface area (Å²) in [6.45, 7) is 10.7. The molecular formula is C21H26N6S. The van der Waals surface area contributed by atoms with Gasteiger partial charge in [0.05, 0.1) is 0 Å². The van der Waals surface area contributed by atoms with E-state index in [4.69, 9.17) is 4.98 Å². The van der Waals surface area contributed by atoms with Crippen LogP contribution in [0.5, 0.6) is 0 Å². The highest BCUT2D eigenvalue weighted by Gasteiger charge is 2.15.